The van der Waals surface area contributed by atoms with Gasteiger partial charge in [-0.05, 0) is 64.3 Å². The van der Waals surface area contributed by atoms with Crippen LogP contribution >= 0.6 is 18.8 Å². The number of aliphatic hydroxyl groups is 1. The Balaban J connectivity index is -0.000000176. The lowest BCUT2D eigenvalue weighted by molar-refractivity contribution is 0.0725. The maximum atomic E-state index is 9.50. The van der Waals surface area contributed by atoms with Gasteiger partial charge >= 0.3 is 0 Å². The number of hydrogen-bond donors (Lipinski definition) is 2. The molecular weight excluding hydrogens is 459 g/mol. The summed E-state index contributed by atoms with van der Waals surface area (Å²) in [5.74, 6) is 1.99. The molecule has 33 heavy (non-hydrogen) atoms. The Hall–Kier alpha value is 0.550. The number of nitrogens with one attached hydrogen (secondary N) is 1. The van der Waals surface area contributed by atoms with Crippen LogP contribution < -0.4 is 5.32 Å². The summed E-state index contributed by atoms with van der Waals surface area (Å²) < 4.78 is 24.4. The largest absolute Gasteiger partial charge is 0.393 e. The minimum atomic E-state index is -0.129. The summed E-state index contributed by atoms with van der Waals surface area (Å²) in [6.45, 7) is 13.0. The molecule has 3 saturated heterocycles. The highest BCUT2D eigenvalue weighted by atomic mass is 31.0. The highest BCUT2D eigenvalue weighted by Gasteiger charge is 2.24. The summed E-state index contributed by atoms with van der Waals surface area (Å²) in [6.07, 6.45) is 4.41. The SMILES string of the molecule is C.C.C.CF.CO[C@@H](C)[C@H]1CCN(P)C1.CO[C@@H](C)[C@H]1CCNC1.C[C@H](O)[C@H]1CCN(P)C1. The quantitative estimate of drug-likeness (QED) is 0.512. The number of alkyl halides is 1. The van der Waals surface area contributed by atoms with E-state index in [4.69, 9.17) is 14.6 Å². The lowest BCUT2D eigenvalue weighted by Gasteiger charge is -2.16. The van der Waals surface area contributed by atoms with Crippen molar-refractivity contribution in [3.8, 4) is 0 Å². The smallest absolute Gasteiger partial charge is 0.0785 e. The maximum Gasteiger partial charge on any atom is 0.0785 e. The van der Waals surface area contributed by atoms with Crippen molar-refractivity contribution in [2.24, 2.45) is 17.8 Å². The van der Waals surface area contributed by atoms with Gasteiger partial charge in [-0.25, -0.2) is 0 Å². The van der Waals surface area contributed by atoms with Crippen molar-refractivity contribution in [3.05, 3.63) is 0 Å². The molecule has 6 nitrogen and oxygen atoms in total. The minimum Gasteiger partial charge on any atom is -0.393 e. The van der Waals surface area contributed by atoms with Crippen molar-refractivity contribution >= 4 is 18.8 Å². The van der Waals surface area contributed by atoms with E-state index in [1.807, 2.05) is 6.92 Å². The fraction of sp³-hybridized carbons (Fsp3) is 1.00. The van der Waals surface area contributed by atoms with Crippen molar-refractivity contribution in [3.63, 3.8) is 0 Å². The van der Waals surface area contributed by atoms with E-state index in [0.29, 0.717) is 25.3 Å². The van der Waals surface area contributed by atoms with E-state index in [1.165, 1.54) is 32.5 Å². The molecule has 0 aromatic carbocycles. The van der Waals surface area contributed by atoms with Gasteiger partial charge in [0.1, 0.15) is 0 Å². The molecule has 0 aromatic rings. The summed E-state index contributed by atoms with van der Waals surface area (Å²) in [5.41, 5.74) is 0. The maximum absolute atomic E-state index is 9.50. The van der Waals surface area contributed by atoms with E-state index >= 15 is 0 Å². The average Bonchev–Trinajstić information content (AvgIpc) is 3.51. The first-order valence-corrected chi connectivity index (χ1v) is 12.1. The van der Waals surface area contributed by atoms with Crippen LogP contribution in [0.1, 0.15) is 62.3 Å². The molecule has 2 unspecified atom stereocenters. The fourth-order valence-electron chi connectivity index (χ4n) is 3.87. The van der Waals surface area contributed by atoms with Crippen molar-refractivity contribution in [1.82, 2.24) is 14.7 Å². The van der Waals surface area contributed by atoms with Crippen molar-refractivity contribution in [1.29, 1.82) is 0 Å². The molecule has 3 rings (SSSR count). The number of nitrogens with zero attached hydrogens (tertiary/aromatic N) is 2. The van der Waals surface area contributed by atoms with E-state index < -0.39 is 0 Å². The zero-order valence-corrected chi connectivity index (χ0v) is 22.3. The Morgan fingerprint density at radius 2 is 1.24 bits per heavy atom. The van der Waals surface area contributed by atoms with Gasteiger partial charge in [-0.3, -0.25) is 13.7 Å². The molecule has 9 heteroatoms. The molecule has 8 atom stereocenters. The Kier molecular flexibility index (Phi) is 29.9. The molecular formula is C24H60FN3O3P2. The molecule has 2 N–H and O–H groups in total. The second kappa shape index (κ2) is 24.3. The topological polar surface area (TPSA) is 57.2 Å². The molecule has 0 amide bonds. The average molecular weight is 520 g/mol. The van der Waals surface area contributed by atoms with E-state index in [1.54, 1.807) is 14.2 Å². The third-order valence-corrected chi connectivity index (χ3v) is 7.30. The monoisotopic (exact) mass is 519 g/mol. The summed E-state index contributed by atoms with van der Waals surface area (Å²) in [7, 11) is 9.47. The van der Waals surface area contributed by atoms with Crippen LogP contribution in [0.25, 0.3) is 0 Å². The lowest BCUT2D eigenvalue weighted by Crippen LogP contribution is -2.21. The van der Waals surface area contributed by atoms with Gasteiger partial charge in [0.2, 0.25) is 0 Å². The van der Waals surface area contributed by atoms with Crippen LogP contribution in [0.15, 0.2) is 0 Å². The number of hydrogen-bond acceptors (Lipinski definition) is 6. The third kappa shape index (κ3) is 17.6. The number of methoxy groups -OCH3 is 2. The van der Waals surface area contributed by atoms with Gasteiger partial charge in [0.25, 0.3) is 0 Å². The van der Waals surface area contributed by atoms with E-state index in [0.717, 1.165) is 37.9 Å². The van der Waals surface area contributed by atoms with Gasteiger partial charge in [-0.1, -0.05) is 41.1 Å². The first-order valence-electron chi connectivity index (χ1n) is 11.1. The van der Waals surface area contributed by atoms with Gasteiger partial charge in [-0.2, -0.15) is 0 Å². The van der Waals surface area contributed by atoms with Crippen LogP contribution in [0.5, 0.6) is 0 Å². The summed E-state index contributed by atoms with van der Waals surface area (Å²) in [5, 5.41) is 12.4. The van der Waals surface area contributed by atoms with Gasteiger partial charge in [0.15, 0.2) is 0 Å². The van der Waals surface area contributed by atoms with Crippen LogP contribution in [0.3, 0.4) is 0 Å². The molecule has 3 aliphatic rings. The first kappa shape index (κ1) is 40.7. The van der Waals surface area contributed by atoms with E-state index in [9.17, 15) is 4.39 Å². The molecule has 0 aliphatic carbocycles. The molecule has 3 aliphatic heterocycles. The van der Waals surface area contributed by atoms with Crippen LogP contribution in [-0.4, -0.2) is 93.4 Å². The Labute approximate surface area is 211 Å². The zero-order chi connectivity index (χ0) is 23.1. The second-order valence-electron chi connectivity index (χ2n) is 8.46. The summed E-state index contributed by atoms with van der Waals surface area (Å²) in [4.78, 5) is 0. The normalized spacial score (nSPS) is 26.9. The Bertz CT molecular complexity index is 409. The third-order valence-electron chi connectivity index (χ3n) is 6.36. The fourth-order valence-corrected chi connectivity index (χ4v) is 4.71. The minimum absolute atomic E-state index is 0. The van der Waals surface area contributed by atoms with E-state index in [-0.39, 0.29) is 28.4 Å². The molecule has 3 fully saturated rings. The Morgan fingerprint density at radius 1 is 0.818 bits per heavy atom. The highest BCUT2D eigenvalue weighted by molar-refractivity contribution is 7.13. The van der Waals surface area contributed by atoms with Crippen molar-refractivity contribution in [2.75, 3.05) is 60.7 Å². The van der Waals surface area contributed by atoms with Crippen LogP contribution in [-0.2, 0) is 9.47 Å². The molecule has 0 saturated carbocycles. The number of ether oxygens (including phenoxy) is 2. The number of halogens is 1. The van der Waals surface area contributed by atoms with Crippen LogP contribution in [0.2, 0.25) is 0 Å². The second-order valence-corrected chi connectivity index (χ2v) is 9.92. The molecule has 3 heterocycles. The van der Waals surface area contributed by atoms with Crippen LogP contribution in [0.4, 0.5) is 4.39 Å². The Morgan fingerprint density at radius 3 is 1.52 bits per heavy atom. The molecule has 0 bridgehead atoms. The zero-order valence-electron chi connectivity index (χ0n) is 20.0. The van der Waals surface area contributed by atoms with Gasteiger partial charge in [0, 0.05) is 46.9 Å². The molecule has 206 valence electrons. The summed E-state index contributed by atoms with van der Waals surface area (Å²) in [6, 6.07) is 0. The number of aliphatic hydroxyl groups excluding tert-OH is 1. The highest BCUT2D eigenvalue weighted by Crippen LogP contribution is 2.23. The molecule has 0 aromatic heterocycles. The van der Waals surface area contributed by atoms with Gasteiger partial charge in [-0.15, -0.1) is 0 Å². The van der Waals surface area contributed by atoms with Crippen molar-refractivity contribution < 1.29 is 19.0 Å². The number of rotatable bonds is 5. The standard InChI is InChI=1S/C7H16NOP.C7H15NO.C6H14NOP.CH3F.3CH4/c1-6(9-2)7-3-4-8(10)5-7;1-6(9-2)7-3-4-8-5-7;1-5(8)6-2-3-7(9)4-6;1-2;;;/h6-7H,3-5,10H2,1-2H3;6-8H,3-5H2,1-2H3;5-6,8H,2-4,9H2,1H3;1H3;3*1H4/t2*6-,7-;5-,6-;;;;/m000..../s1. The van der Waals surface area contributed by atoms with E-state index in [2.05, 4.69) is 47.3 Å². The summed E-state index contributed by atoms with van der Waals surface area (Å²) >= 11 is 0. The lowest BCUT2D eigenvalue weighted by atomic mass is 10.0. The van der Waals surface area contributed by atoms with Crippen molar-refractivity contribution in [2.45, 2.75) is 80.6 Å². The molecule has 0 radical (unpaired) electrons. The van der Waals surface area contributed by atoms with Gasteiger partial charge < -0.3 is 19.9 Å². The first-order chi connectivity index (χ1) is 14.3. The molecule has 0 spiro atoms. The van der Waals surface area contributed by atoms with Crippen LogP contribution in [0, 0.1) is 17.8 Å². The predicted molar refractivity (Wildman–Crippen MR) is 152 cm³/mol. The predicted octanol–water partition coefficient (Wildman–Crippen LogP) is 4.74. The van der Waals surface area contributed by atoms with Gasteiger partial charge in [0.05, 0.1) is 25.5 Å².